The molecule has 0 radical (unpaired) electrons. The highest BCUT2D eigenvalue weighted by Gasteiger charge is 2.26. The Morgan fingerprint density at radius 2 is 1.85 bits per heavy atom. The summed E-state index contributed by atoms with van der Waals surface area (Å²) >= 11 is 0. The number of methoxy groups -OCH3 is 1. The molecular weight excluding hydrogens is 452 g/mol. The Labute approximate surface area is 198 Å². The standard InChI is InChI=1S/C25H26N4O4S/c1-16-7-10-19-18(23(16)29-14-6-13-26-29)9-11-20(27-19)24(30)28-34(31,32)22-15-17(25(2,3)4)8-12-21(22)33-5/h6-15H,1-5H3,(H,28,30). The summed E-state index contributed by atoms with van der Waals surface area (Å²) in [7, 11) is -2.83. The Morgan fingerprint density at radius 1 is 1.09 bits per heavy atom. The van der Waals surface area contributed by atoms with Crippen molar-refractivity contribution in [2.45, 2.75) is 38.0 Å². The monoisotopic (exact) mass is 478 g/mol. The number of ether oxygens (including phenoxy) is 1. The first kappa shape index (κ1) is 23.4. The summed E-state index contributed by atoms with van der Waals surface area (Å²) in [5, 5.41) is 5.09. The first-order chi connectivity index (χ1) is 16.0. The summed E-state index contributed by atoms with van der Waals surface area (Å²) < 4.78 is 35.4. The summed E-state index contributed by atoms with van der Waals surface area (Å²) in [6, 6.07) is 13.7. The third-order valence-electron chi connectivity index (χ3n) is 5.56. The zero-order chi connectivity index (χ0) is 24.7. The summed E-state index contributed by atoms with van der Waals surface area (Å²) in [6.07, 6.45) is 3.51. The number of nitrogens with one attached hydrogen (secondary N) is 1. The van der Waals surface area contributed by atoms with E-state index in [9.17, 15) is 13.2 Å². The summed E-state index contributed by atoms with van der Waals surface area (Å²) in [4.78, 5) is 17.2. The van der Waals surface area contributed by atoms with Crippen LogP contribution in [0.2, 0.25) is 0 Å². The highest BCUT2D eigenvalue weighted by molar-refractivity contribution is 7.90. The molecule has 0 atom stereocenters. The smallest absolute Gasteiger partial charge is 0.283 e. The van der Waals surface area contributed by atoms with E-state index in [0.29, 0.717) is 5.52 Å². The van der Waals surface area contributed by atoms with Crippen LogP contribution in [0, 0.1) is 6.92 Å². The van der Waals surface area contributed by atoms with E-state index in [1.54, 1.807) is 29.1 Å². The molecule has 0 aliphatic carbocycles. The lowest BCUT2D eigenvalue weighted by molar-refractivity contribution is 0.0977. The third kappa shape index (κ3) is 4.38. The van der Waals surface area contributed by atoms with Gasteiger partial charge in [-0.25, -0.2) is 22.8 Å². The van der Waals surface area contributed by atoms with Crippen LogP contribution in [0.3, 0.4) is 0 Å². The van der Waals surface area contributed by atoms with E-state index in [-0.39, 0.29) is 21.8 Å². The largest absolute Gasteiger partial charge is 0.495 e. The lowest BCUT2D eigenvalue weighted by Gasteiger charge is -2.21. The maximum atomic E-state index is 13.1. The molecule has 9 heteroatoms. The van der Waals surface area contributed by atoms with Crippen LogP contribution < -0.4 is 9.46 Å². The fourth-order valence-corrected chi connectivity index (χ4v) is 4.87. The fraction of sp³-hybridized carbons (Fsp3) is 0.240. The van der Waals surface area contributed by atoms with Gasteiger partial charge in [0.05, 0.1) is 18.3 Å². The summed E-state index contributed by atoms with van der Waals surface area (Å²) in [5.41, 5.74) is 2.88. The van der Waals surface area contributed by atoms with Crippen LogP contribution in [0.25, 0.3) is 16.6 Å². The van der Waals surface area contributed by atoms with Crippen LogP contribution in [-0.2, 0) is 15.4 Å². The van der Waals surface area contributed by atoms with Crippen molar-refractivity contribution in [1.29, 1.82) is 0 Å². The number of hydrogen-bond acceptors (Lipinski definition) is 6. The van der Waals surface area contributed by atoms with Crippen LogP contribution >= 0.6 is 0 Å². The molecular formula is C25H26N4O4S. The van der Waals surface area contributed by atoms with Gasteiger partial charge in [-0.15, -0.1) is 0 Å². The van der Waals surface area contributed by atoms with E-state index in [2.05, 4.69) is 14.8 Å². The molecule has 1 N–H and O–H groups in total. The van der Waals surface area contributed by atoms with Crippen LogP contribution in [0.5, 0.6) is 5.75 Å². The number of carbonyl (C=O) groups excluding carboxylic acids is 1. The van der Waals surface area contributed by atoms with Gasteiger partial charge in [0.25, 0.3) is 15.9 Å². The van der Waals surface area contributed by atoms with E-state index in [1.807, 2.05) is 52.1 Å². The number of nitrogens with zero attached hydrogens (tertiary/aromatic N) is 3. The van der Waals surface area contributed by atoms with Gasteiger partial charge < -0.3 is 4.74 Å². The molecule has 0 spiro atoms. The van der Waals surface area contributed by atoms with Gasteiger partial charge in [0, 0.05) is 17.8 Å². The fourth-order valence-electron chi connectivity index (χ4n) is 3.71. The van der Waals surface area contributed by atoms with Crippen LogP contribution in [0.1, 0.15) is 42.4 Å². The molecule has 0 fully saturated rings. The van der Waals surface area contributed by atoms with Crippen molar-refractivity contribution < 1.29 is 17.9 Å². The van der Waals surface area contributed by atoms with Gasteiger partial charge in [0.1, 0.15) is 16.3 Å². The lowest BCUT2D eigenvalue weighted by Crippen LogP contribution is -2.31. The van der Waals surface area contributed by atoms with Gasteiger partial charge in [-0.1, -0.05) is 32.9 Å². The number of carbonyl (C=O) groups is 1. The number of hydrogen-bond donors (Lipinski definition) is 1. The minimum Gasteiger partial charge on any atom is -0.495 e. The first-order valence-corrected chi connectivity index (χ1v) is 12.2. The molecule has 176 valence electrons. The van der Waals surface area contributed by atoms with E-state index < -0.39 is 15.9 Å². The van der Waals surface area contributed by atoms with Crippen LogP contribution in [0.15, 0.2) is 65.8 Å². The molecule has 0 aliphatic heterocycles. The molecule has 34 heavy (non-hydrogen) atoms. The minimum atomic E-state index is -4.22. The average Bonchev–Trinajstić information content (AvgIpc) is 3.31. The number of rotatable bonds is 5. The molecule has 4 aromatic rings. The first-order valence-electron chi connectivity index (χ1n) is 10.7. The van der Waals surface area contributed by atoms with E-state index in [0.717, 1.165) is 22.2 Å². The van der Waals surface area contributed by atoms with E-state index in [1.165, 1.54) is 19.2 Å². The Hall–Kier alpha value is -3.72. The number of amides is 1. The van der Waals surface area contributed by atoms with Crippen molar-refractivity contribution in [3.8, 4) is 11.4 Å². The summed E-state index contributed by atoms with van der Waals surface area (Å²) in [5.74, 6) is -0.676. The highest BCUT2D eigenvalue weighted by Crippen LogP contribution is 2.31. The van der Waals surface area contributed by atoms with Gasteiger partial charge in [-0.2, -0.15) is 5.10 Å². The van der Waals surface area contributed by atoms with Gasteiger partial charge in [-0.05, 0) is 59.9 Å². The molecule has 1 amide bonds. The number of pyridine rings is 1. The quantitative estimate of drug-likeness (QED) is 0.462. The molecule has 0 saturated carbocycles. The molecule has 2 aromatic carbocycles. The Kier molecular flexibility index (Phi) is 5.91. The van der Waals surface area contributed by atoms with Gasteiger partial charge >= 0.3 is 0 Å². The van der Waals surface area contributed by atoms with Gasteiger partial charge in [0.2, 0.25) is 0 Å². The highest BCUT2D eigenvalue weighted by atomic mass is 32.2. The molecule has 0 saturated heterocycles. The Bertz CT molecular complexity index is 1490. The minimum absolute atomic E-state index is 0.0164. The predicted molar refractivity (Wildman–Crippen MR) is 130 cm³/mol. The van der Waals surface area contributed by atoms with Crippen molar-refractivity contribution in [2.75, 3.05) is 7.11 Å². The van der Waals surface area contributed by atoms with Crippen LogP contribution in [0.4, 0.5) is 0 Å². The van der Waals surface area contributed by atoms with Crippen molar-refractivity contribution in [1.82, 2.24) is 19.5 Å². The topological polar surface area (TPSA) is 103 Å². The van der Waals surface area contributed by atoms with Crippen molar-refractivity contribution >= 4 is 26.8 Å². The molecule has 0 unspecified atom stereocenters. The van der Waals surface area contributed by atoms with Crippen molar-refractivity contribution in [2.24, 2.45) is 0 Å². The second-order valence-corrected chi connectivity index (χ2v) is 10.6. The van der Waals surface area contributed by atoms with Gasteiger partial charge in [0.15, 0.2) is 0 Å². The summed E-state index contributed by atoms with van der Waals surface area (Å²) in [6.45, 7) is 7.88. The van der Waals surface area contributed by atoms with E-state index >= 15 is 0 Å². The second-order valence-electron chi connectivity index (χ2n) is 9.00. The van der Waals surface area contributed by atoms with E-state index in [4.69, 9.17) is 4.74 Å². The molecule has 0 bridgehead atoms. The number of aromatic nitrogens is 3. The van der Waals surface area contributed by atoms with Crippen LogP contribution in [-0.4, -0.2) is 36.2 Å². The van der Waals surface area contributed by atoms with Crippen molar-refractivity contribution in [3.05, 3.63) is 77.7 Å². The zero-order valence-electron chi connectivity index (χ0n) is 19.7. The number of benzene rings is 2. The Balaban J connectivity index is 1.70. The maximum absolute atomic E-state index is 13.1. The molecule has 4 rings (SSSR count). The SMILES string of the molecule is COc1ccc(C(C)(C)C)cc1S(=O)(=O)NC(=O)c1ccc2c(-n3cccn3)c(C)ccc2n1. The lowest BCUT2D eigenvalue weighted by atomic mass is 9.87. The third-order valence-corrected chi connectivity index (χ3v) is 6.91. The zero-order valence-corrected chi connectivity index (χ0v) is 20.5. The number of aryl methyl sites for hydroxylation is 1. The Morgan fingerprint density at radius 3 is 2.50 bits per heavy atom. The van der Waals surface area contributed by atoms with Gasteiger partial charge in [-0.3, -0.25) is 4.79 Å². The average molecular weight is 479 g/mol. The van der Waals surface area contributed by atoms with Crippen molar-refractivity contribution in [3.63, 3.8) is 0 Å². The maximum Gasteiger partial charge on any atom is 0.283 e. The molecule has 2 heterocycles. The number of sulfonamides is 1. The molecule has 8 nitrogen and oxygen atoms in total. The normalized spacial score (nSPS) is 12.0. The second kappa shape index (κ2) is 8.57. The number of fused-ring (bicyclic) bond motifs is 1. The molecule has 0 aliphatic rings. The predicted octanol–water partition coefficient (Wildman–Crippen LogP) is 4.15. The molecule has 2 aromatic heterocycles.